The first-order valence-electron chi connectivity index (χ1n) is 10.7. The fraction of sp³-hybridized carbons (Fsp3) is 0.375. The van der Waals surface area contributed by atoms with Crippen LogP contribution in [0.5, 0.6) is 5.75 Å². The molecule has 0 aromatic heterocycles. The molecule has 0 radical (unpaired) electrons. The van der Waals surface area contributed by atoms with Crippen molar-refractivity contribution in [1.29, 1.82) is 0 Å². The minimum absolute atomic E-state index is 0.0494. The van der Waals surface area contributed by atoms with Gasteiger partial charge in [-0.15, -0.1) is 0 Å². The van der Waals surface area contributed by atoms with Crippen LogP contribution in [0, 0.1) is 0 Å². The molecule has 9 heteroatoms. The minimum atomic E-state index is -0.912. The quantitative estimate of drug-likeness (QED) is 0.617. The van der Waals surface area contributed by atoms with Crippen molar-refractivity contribution < 1.29 is 29.0 Å². The lowest BCUT2D eigenvalue weighted by atomic mass is 10.0. The van der Waals surface area contributed by atoms with Crippen molar-refractivity contribution in [3.8, 4) is 5.75 Å². The number of nitrogens with one attached hydrogen (secondary N) is 2. The number of ether oxygens (including phenoxy) is 2. The number of aromatic hydroxyl groups is 1. The molecule has 1 fully saturated rings. The van der Waals surface area contributed by atoms with E-state index in [0.29, 0.717) is 24.5 Å². The van der Waals surface area contributed by atoms with Gasteiger partial charge in [-0.2, -0.15) is 0 Å². The fourth-order valence-corrected chi connectivity index (χ4v) is 3.27. The fourth-order valence-electron chi connectivity index (χ4n) is 3.27. The van der Waals surface area contributed by atoms with E-state index in [2.05, 4.69) is 10.6 Å². The number of morpholine rings is 1. The summed E-state index contributed by atoms with van der Waals surface area (Å²) in [6.07, 6.45) is -0.506. The first-order chi connectivity index (χ1) is 15.6. The zero-order valence-electron chi connectivity index (χ0n) is 19.0. The van der Waals surface area contributed by atoms with Gasteiger partial charge in [-0.1, -0.05) is 12.1 Å². The predicted octanol–water partition coefficient (Wildman–Crippen LogP) is 2.83. The Bertz CT molecular complexity index is 983. The van der Waals surface area contributed by atoms with Crippen LogP contribution >= 0.6 is 0 Å². The molecule has 9 nitrogen and oxygen atoms in total. The summed E-state index contributed by atoms with van der Waals surface area (Å²) in [7, 11) is 0. The van der Waals surface area contributed by atoms with Gasteiger partial charge in [-0.3, -0.25) is 9.59 Å². The van der Waals surface area contributed by atoms with E-state index in [-0.39, 0.29) is 24.7 Å². The number of phenols is 1. The Labute approximate surface area is 192 Å². The van der Waals surface area contributed by atoms with E-state index in [0.717, 1.165) is 5.56 Å². The number of hydrogen-bond acceptors (Lipinski definition) is 6. The number of carbonyl (C=O) groups excluding carboxylic acids is 3. The van der Waals surface area contributed by atoms with E-state index in [9.17, 15) is 19.5 Å². The number of hydrogen-bond donors (Lipinski definition) is 3. The van der Waals surface area contributed by atoms with Crippen LogP contribution in [0.15, 0.2) is 48.5 Å². The third-order valence-electron chi connectivity index (χ3n) is 4.82. The van der Waals surface area contributed by atoms with Crippen LogP contribution in [0.25, 0.3) is 0 Å². The van der Waals surface area contributed by atoms with E-state index in [1.165, 1.54) is 12.1 Å². The SMILES string of the molecule is CC(C)(C)OC(=O)N[C@@H](Cc1ccc(O)cc1)C(=O)Nc1ccc(N2CCOCC2=O)cc1. The van der Waals surface area contributed by atoms with Gasteiger partial charge in [0.25, 0.3) is 5.91 Å². The average molecular weight is 456 g/mol. The largest absolute Gasteiger partial charge is 0.508 e. The molecule has 0 unspecified atom stereocenters. The molecule has 2 aromatic rings. The van der Waals surface area contributed by atoms with Gasteiger partial charge in [0.2, 0.25) is 5.91 Å². The van der Waals surface area contributed by atoms with E-state index >= 15 is 0 Å². The lowest BCUT2D eigenvalue weighted by Crippen LogP contribution is -2.47. The molecule has 0 bridgehead atoms. The molecule has 1 atom stereocenters. The molecule has 33 heavy (non-hydrogen) atoms. The number of anilines is 2. The van der Waals surface area contributed by atoms with Crippen LogP contribution in [0.3, 0.4) is 0 Å². The Hall–Kier alpha value is -3.59. The van der Waals surface area contributed by atoms with Crippen molar-refractivity contribution in [1.82, 2.24) is 5.32 Å². The second-order valence-corrected chi connectivity index (χ2v) is 8.70. The Balaban J connectivity index is 1.70. The second-order valence-electron chi connectivity index (χ2n) is 8.70. The van der Waals surface area contributed by atoms with Gasteiger partial charge in [0.05, 0.1) is 6.61 Å². The highest BCUT2D eigenvalue weighted by molar-refractivity contribution is 5.98. The monoisotopic (exact) mass is 455 g/mol. The normalized spacial score (nSPS) is 15.0. The van der Waals surface area contributed by atoms with Crippen molar-refractivity contribution in [2.45, 2.75) is 38.8 Å². The molecular weight excluding hydrogens is 426 g/mol. The number of nitrogens with zero attached hydrogens (tertiary/aromatic N) is 1. The van der Waals surface area contributed by atoms with E-state index in [4.69, 9.17) is 9.47 Å². The van der Waals surface area contributed by atoms with Crippen molar-refractivity contribution in [2.75, 3.05) is 30.0 Å². The highest BCUT2D eigenvalue weighted by atomic mass is 16.6. The highest BCUT2D eigenvalue weighted by Crippen LogP contribution is 2.20. The van der Waals surface area contributed by atoms with Crippen molar-refractivity contribution in [3.63, 3.8) is 0 Å². The maximum absolute atomic E-state index is 13.0. The number of benzene rings is 2. The van der Waals surface area contributed by atoms with Crippen LogP contribution in [0.4, 0.5) is 16.2 Å². The molecule has 1 heterocycles. The number of carbonyl (C=O) groups is 3. The van der Waals surface area contributed by atoms with Gasteiger partial charge in [-0.05, 0) is 62.7 Å². The molecule has 3 rings (SSSR count). The summed E-state index contributed by atoms with van der Waals surface area (Å²) >= 11 is 0. The molecule has 0 aliphatic carbocycles. The molecule has 0 saturated carbocycles. The van der Waals surface area contributed by atoms with E-state index in [1.54, 1.807) is 62.1 Å². The van der Waals surface area contributed by atoms with Crippen LogP contribution in [0.1, 0.15) is 26.3 Å². The third-order valence-corrected chi connectivity index (χ3v) is 4.82. The Morgan fingerprint density at radius 3 is 2.39 bits per heavy atom. The zero-order chi connectivity index (χ0) is 24.0. The summed E-state index contributed by atoms with van der Waals surface area (Å²) in [6.45, 7) is 6.21. The summed E-state index contributed by atoms with van der Waals surface area (Å²) in [6, 6.07) is 12.4. The maximum atomic E-state index is 13.0. The van der Waals surface area contributed by atoms with Crippen LogP contribution in [0.2, 0.25) is 0 Å². The number of alkyl carbamates (subject to hydrolysis) is 1. The lowest BCUT2D eigenvalue weighted by molar-refractivity contribution is -0.125. The molecule has 1 aliphatic heterocycles. The lowest BCUT2D eigenvalue weighted by Gasteiger charge is -2.27. The number of rotatable bonds is 6. The average Bonchev–Trinajstić information content (AvgIpc) is 2.74. The first kappa shape index (κ1) is 24.1. The number of amides is 3. The van der Waals surface area contributed by atoms with E-state index in [1.807, 2.05) is 0 Å². The smallest absolute Gasteiger partial charge is 0.408 e. The topological polar surface area (TPSA) is 117 Å². The highest BCUT2D eigenvalue weighted by Gasteiger charge is 2.25. The standard InChI is InChI=1S/C24H29N3O6/c1-24(2,3)33-23(31)26-20(14-16-4-10-19(28)11-5-16)22(30)25-17-6-8-18(9-7-17)27-12-13-32-15-21(27)29/h4-11,20,28H,12-15H2,1-3H3,(H,25,30)(H,26,31)/t20-/m0/s1. The molecule has 1 aliphatic rings. The van der Waals surface area contributed by atoms with Gasteiger partial charge in [-0.25, -0.2) is 4.79 Å². The number of phenolic OH excluding ortho intramolecular Hbond substituents is 1. The van der Waals surface area contributed by atoms with Crippen molar-refractivity contribution in [2.24, 2.45) is 0 Å². The van der Waals surface area contributed by atoms with Crippen LogP contribution in [-0.4, -0.2) is 54.4 Å². The Kier molecular flexibility index (Phi) is 7.55. The summed E-state index contributed by atoms with van der Waals surface area (Å²) in [5.41, 5.74) is 1.28. The maximum Gasteiger partial charge on any atom is 0.408 e. The molecule has 2 aromatic carbocycles. The van der Waals surface area contributed by atoms with E-state index < -0.39 is 23.6 Å². The third kappa shape index (κ3) is 7.21. The van der Waals surface area contributed by atoms with Crippen molar-refractivity contribution >= 4 is 29.3 Å². The minimum Gasteiger partial charge on any atom is -0.508 e. The second kappa shape index (κ2) is 10.4. The summed E-state index contributed by atoms with van der Waals surface area (Å²) < 4.78 is 10.4. The van der Waals surface area contributed by atoms with Crippen molar-refractivity contribution in [3.05, 3.63) is 54.1 Å². The molecule has 3 N–H and O–H groups in total. The van der Waals surface area contributed by atoms with Gasteiger partial charge in [0, 0.05) is 24.3 Å². The Morgan fingerprint density at radius 2 is 1.79 bits per heavy atom. The van der Waals surface area contributed by atoms with Gasteiger partial charge in [0.1, 0.15) is 24.0 Å². The summed E-state index contributed by atoms with van der Waals surface area (Å²) in [4.78, 5) is 39.0. The summed E-state index contributed by atoms with van der Waals surface area (Å²) in [5, 5.41) is 14.9. The van der Waals surface area contributed by atoms with Crippen LogP contribution in [-0.2, 0) is 25.5 Å². The zero-order valence-corrected chi connectivity index (χ0v) is 19.0. The Morgan fingerprint density at radius 1 is 1.12 bits per heavy atom. The summed E-state index contributed by atoms with van der Waals surface area (Å²) in [5.74, 6) is -0.434. The predicted molar refractivity (Wildman–Crippen MR) is 123 cm³/mol. The molecule has 1 saturated heterocycles. The van der Waals surface area contributed by atoms with Gasteiger partial charge >= 0.3 is 6.09 Å². The van der Waals surface area contributed by atoms with Gasteiger partial charge < -0.3 is 30.1 Å². The first-order valence-corrected chi connectivity index (χ1v) is 10.7. The molecule has 3 amide bonds. The molecular formula is C24H29N3O6. The van der Waals surface area contributed by atoms with Gasteiger partial charge in [0.15, 0.2) is 0 Å². The van der Waals surface area contributed by atoms with Crippen LogP contribution < -0.4 is 15.5 Å². The molecule has 176 valence electrons. The molecule has 0 spiro atoms.